The third kappa shape index (κ3) is 4.48. The summed E-state index contributed by atoms with van der Waals surface area (Å²) in [4.78, 5) is 4.46. The van der Waals surface area contributed by atoms with Crippen LogP contribution in [-0.2, 0) is 0 Å². The first-order chi connectivity index (χ1) is 9.72. The van der Waals surface area contributed by atoms with E-state index in [1.165, 1.54) is 38.5 Å². The number of aromatic nitrogens is 3. The lowest BCUT2D eigenvalue weighted by Gasteiger charge is -2.35. The molecular formula is C15H28N4S. The van der Waals surface area contributed by atoms with E-state index in [1.807, 2.05) is 18.7 Å². The molecule has 3 unspecified atom stereocenters. The lowest BCUT2D eigenvalue weighted by atomic mass is 9.83. The molecule has 0 aliphatic heterocycles. The summed E-state index contributed by atoms with van der Waals surface area (Å²) in [7, 11) is 0. The van der Waals surface area contributed by atoms with Gasteiger partial charge in [-0.05, 0) is 45.1 Å². The van der Waals surface area contributed by atoms with Gasteiger partial charge in [0.05, 0.1) is 0 Å². The minimum atomic E-state index is 0.613. The zero-order valence-electron chi connectivity index (χ0n) is 13.0. The van der Waals surface area contributed by atoms with Gasteiger partial charge in [-0.15, -0.1) is 5.10 Å². The number of thioether (sulfide) groups is 1. The van der Waals surface area contributed by atoms with Crippen molar-refractivity contribution >= 4 is 11.8 Å². The van der Waals surface area contributed by atoms with Gasteiger partial charge in [0.25, 0.3) is 0 Å². The molecule has 0 spiro atoms. The summed E-state index contributed by atoms with van der Waals surface area (Å²) in [6.07, 6.45) is 7.84. The highest BCUT2D eigenvalue weighted by molar-refractivity contribution is 7.99. The number of H-pyrrole nitrogens is 1. The standard InChI is InChI=1S/C15H28N4S/c1-4-6-12-7-8-13(16-9-5-2)14(10-12)20-15-17-11(3)18-19-15/h12-14,16H,4-10H2,1-3H3,(H,17,18,19). The highest BCUT2D eigenvalue weighted by atomic mass is 32.2. The first kappa shape index (κ1) is 15.8. The predicted octanol–water partition coefficient (Wildman–Crippen LogP) is 3.54. The quantitative estimate of drug-likeness (QED) is 0.808. The van der Waals surface area contributed by atoms with E-state index in [0.717, 1.165) is 23.4 Å². The topological polar surface area (TPSA) is 53.6 Å². The van der Waals surface area contributed by atoms with Gasteiger partial charge in [-0.3, -0.25) is 5.10 Å². The minimum absolute atomic E-state index is 0.613. The van der Waals surface area contributed by atoms with Crippen molar-refractivity contribution in [1.29, 1.82) is 0 Å². The fraction of sp³-hybridized carbons (Fsp3) is 0.867. The Hall–Kier alpha value is -0.550. The zero-order valence-corrected chi connectivity index (χ0v) is 13.8. The Morgan fingerprint density at radius 2 is 2.15 bits per heavy atom. The molecule has 20 heavy (non-hydrogen) atoms. The Kier molecular flexibility index (Phi) is 6.36. The van der Waals surface area contributed by atoms with Crippen molar-refractivity contribution in [1.82, 2.24) is 20.5 Å². The lowest BCUT2D eigenvalue weighted by Crippen LogP contribution is -2.43. The fourth-order valence-electron chi connectivity index (χ4n) is 3.09. The molecule has 1 aromatic rings. The van der Waals surface area contributed by atoms with Gasteiger partial charge >= 0.3 is 0 Å². The maximum atomic E-state index is 4.46. The Bertz CT molecular complexity index is 393. The second kappa shape index (κ2) is 8.03. The normalized spacial score (nSPS) is 26.9. The van der Waals surface area contributed by atoms with E-state index in [9.17, 15) is 0 Å². The van der Waals surface area contributed by atoms with Gasteiger partial charge in [0.15, 0.2) is 0 Å². The smallest absolute Gasteiger partial charge is 0.208 e. The Morgan fingerprint density at radius 3 is 2.80 bits per heavy atom. The first-order valence-electron chi connectivity index (χ1n) is 8.02. The molecule has 1 heterocycles. The molecule has 0 bridgehead atoms. The second-order valence-electron chi connectivity index (χ2n) is 5.89. The molecule has 1 saturated carbocycles. The van der Waals surface area contributed by atoms with Gasteiger partial charge in [0.1, 0.15) is 5.82 Å². The van der Waals surface area contributed by atoms with Crippen LogP contribution in [-0.4, -0.2) is 33.0 Å². The van der Waals surface area contributed by atoms with Crippen LogP contribution in [0.1, 0.15) is 58.2 Å². The summed E-state index contributed by atoms with van der Waals surface area (Å²) in [5, 5.41) is 12.5. The average Bonchev–Trinajstić information content (AvgIpc) is 2.84. The Balaban J connectivity index is 1.96. The van der Waals surface area contributed by atoms with Gasteiger partial charge in [-0.25, -0.2) is 4.98 Å². The summed E-state index contributed by atoms with van der Waals surface area (Å²) in [5.41, 5.74) is 0. The van der Waals surface area contributed by atoms with Crippen LogP contribution in [0.15, 0.2) is 5.16 Å². The number of nitrogens with one attached hydrogen (secondary N) is 2. The van der Waals surface area contributed by atoms with E-state index < -0.39 is 0 Å². The number of rotatable bonds is 7. The SMILES string of the molecule is CCCNC1CCC(CCC)CC1Sc1n[nH]c(C)n1. The predicted molar refractivity (Wildman–Crippen MR) is 85.1 cm³/mol. The molecule has 0 aromatic carbocycles. The Labute approximate surface area is 126 Å². The molecule has 1 aliphatic rings. The van der Waals surface area contributed by atoms with Crippen LogP contribution in [0.5, 0.6) is 0 Å². The van der Waals surface area contributed by atoms with Crippen LogP contribution in [0.25, 0.3) is 0 Å². The van der Waals surface area contributed by atoms with E-state index in [4.69, 9.17) is 0 Å². The molecule has 0 amide bonds. The third-order valence-electron chi connectivity index (χ3n) is 4.09. The summed E-state index contributed by atoms with van der Waals surface area (Å²) in [6.45, 7) is 7.61. The van der Waals surface area contributed by atoms with Crippen LogP contribution < -0.4 is 5.32 Å². The van der Waals surface area contributed by atoms with E-state index in [0.29, 0.717) is 11.3 Å². The first-order valence-corrected chi connectivity index (χ1v) is 8.89. The molecule has 1 aromatic heterocycles. The van der Waals surface area contributed by atoms with E-state index in [2.05, 4.69) is 34.3 Å². The summed E-state index contributed by atoms with van der Waals surface area (Å²) < 4.78 is 0. The fourth-order valence-corrected chi connectivity index (χ4v) is 4.41. The highest BCUT2D eigenvalue weighted by Crippen LogP contribution is 2.37. The van der Waals surface area contributed by atoms with Crippen molar-refractivity contribution in [3.8, 4) is 0 Å². The molecule has 2 rings (SSSR count). The minimum Gasteiger partial charge on any atom is -0.313 e. The van der Waals surface area contributed by atoms with Gasteiger partial charge in [0, 0.05) is 11.3 Å². The molecular weight excluding hydrogens is 268 g/mol. The third-order valence-corrected chi connectivity index (χ3v) is 5.30. The second-order valence-corrected chi connectivity index (χ2v) is 7.09. The maximum absolute atomic E-state index is 4.46. The molecule has 4 nitrogen and oxygen atoms in total. The van der Waals surface area contributed by atoms with Crippen molar-refractivity contribution in [2.24, 2.45) is 5.92 Å². The molecule has 1 fully saturated rings. The van der Waals surface area contributed by atoms with Crippen molar-refractivity contribution in [2.45, 2.75) is 75.7 Å². The van der Waals surface area contributed by atoms with Crippen molar-refractivity contribution in [3.05, 3.63) is 5.82 Å². The van der Waals surface area contributed by atoms with Crippen molar-refractivity contribution in [2.75, 3.05) is 6.54 Å². The van der Waals surface area contributed by atoms with Crippen LogP contribution >= 0.6 is 11.8 Å². The number of nitrogens with zero attached hydrogens (tertiary/aromatic N) is 2. The zero-order chi connectivity index (χ0) is 14.4. The molecule has 0 radical (unpaired) electrons. The number of aryl methyl sites for hydroxylation is 1. The molecule has 114 valence electrons. The Morgan fingerprint density at radius 1 is 1.30 bits per heavy atom. The molecule has 2 N–H and O–H groups in total. The summed E-state index contributed by atoms with van der Waals surface area (Å²) in [5.74, 6) is 1.80. The largest absolute Gasteiger partial charge is 0.313 e. The monoisotopic (exact) mass is 296 g/mol. The summed E-state index contributed by atoms with van der Waals surface area (Å²) in [6, 6.07) is 0.617. The van der Waals surface area contributed by atoms with Crippen LogP contribution in [0, 0.1) is 12.8 Å². The number of hydrogen-bond acceptors (Lipinski definition) is 4. The van der Waals surface area contributed by atoms with Crippen LogP contribution in [0.2, 0.25) is 0 Å². The van der Waals surface area contributed by atoms with Crippen LogP contribution in [0.4, 0.5) is 0 Å². The van der Waals surface area contributed by atoms with Gasteiger partial charge in [0.2, 0.25) is 5.16 Å². The lowest BCUT2D eigenvalue weighted by molar-refractivity contribution is 0.287. The van der Waals surface area contributed by atoms with E-state index >= 15 is 0 Å². The van der Waals surface area contributed by atoms with Gasteiger partial charge < -0.3 is 5.32 Å². The molecule has 5 heteroatoms. The highest BCUT2D eigenvalue weighted by Gasteiger charge is 2.31. The molecule has 0 saturated heterocycles. The van der Waals surface area contributed by atoms with Crippen molar-refractivity contribution < 1.29 is 0 Å². The maximum Gasteiger partial charge on any atom is 0.208 e. The average molecular weight is 296 g/mol. The van der Waals surface area contributed by atoms with Gasteiger partial charge in [-0.2, -0.15) is 0 Å². The van der Waals surface area contributed by atoms with E-state index in [1.54, 1.807) is 0 Å². The number of hydrogen-bond donors (Lipinski definition) is 2. The van der Waals surface area contributed by atoms with Crippen molar-refractivity contribution in [3.63, 3.8) is 0 Å². The van der Waals surface area contributed by atoms with E-state index in [-0.39, 0.29) is 0 Å². The number of aromatic amines is 1. The van der Waals surface area contributed by atoms with Crippen LogP contribution in [0.3, 0.4) is 0 Å². The molecule has 3 atom stereocenters. The van der Waals surface area contributed by atoms with Gasteiger partial charge in [-0.1, -0.05) is 38.5 Å². The molecule has 1 aliphatic carbocycles. The summed E-state index contributed by atoms with van der Waals surface area (Å²) >= 11 is 1.86.